The zero-order chi connectivity index (χ0) is 22.0. The molecule has 0 saturated heterocycles. The monoisotopic (exact) mass is 419 g/mol. The first-order valence-electron chi connectivity index (χ1n) is 10.3. The fourth-order valence-corrected chi connectivity index (χ4v) is 4.11. The first-order valence-corrected chi connectivity index (χ1v) is 10.3. The summed E-state index contributed by atoms with van der Waals surface area (Å²) in [6.07, 6.45) is 0.813. The van der Waals surface area contributed by atoms with E-state index in [1.807, 2.05) is 17.0 Å². The predicted octanol–water partition coefficient (Wildman–Crippen LogP) is 2.43. The second-order valence-electron chi connectivity index (χ2n) is 7.68. The van der Waals surface area contributed by atoms with Crippen LogP contribution in [0.25, 0.3) is 5.57 Å². The molecule has 2 aromatic rings. The van der Waals surface area contributed by atoms with Crippen molar-refractivity contribution < 1.29 is 19.1 Å². The van der Waals surface area contributed by atoms with E-state index in [1.165, 1.54) is 17.4 Å². The van der Waals surface area contributed by atoms with Gasteiger partial charge in [0.15, 0.2) is 0 Å². The third-order valence-electron chi connectivity index (χ3n) is 5.60. The molecule has 0 radical (unpaired) electrons. The van der Waals surface area contributed by atoms with E-state index in [4.69, 9.17) is 4.74 Å². The van der Waals surface area contributed by atoms with Crippen LogP contribution in [-0.4, -0.2) is 54.3 Å². The number of carbonyl (C=O) groups excluding carboxylic acids is 3. The normalized spacial score (nSPS) is 16.1. The molecule has 0 saturated carbocycles. The molecule has 0 spiro atoms. The number of hydrogen-bond acceptors (Lipinski definition) is 5. The molecule has 4 rings (SSSR count). The highest BCUT2D eigenvalue weighted by Crippen LogP contribution is 2.34. The molecule has 1 N–H and O–H groups in total. The average Bonchev–Trinajstić information content (AvgIpc) is 3.01. The lowest BCUT2D eigenvalue weighted by molar-refractivity contribution is -0.138. The summed E-state index contributed by atoms with van der Waals surface area (Å²) in [6, 6.07) is 15.2. The van der Waals surface area contributed by atoms with Gasteiger partial charge >= 0.3 is 0 Å². The highest BCUT2D eigenvalue weighted by molar-refractivity contribution is 6.35. The van der Waals surface area contributed by atoms with Crippen LogP contribution in [0.5, 0.6) is 0 Å². The van der Waals surface area contributed by atoms with Gasteiger partial charge < -0.3 is 15.0 Å². The number of rotatable bonds is 6. The van der Waals surface area contributed by atoms with Crippen LogP contribution >= 0.6 is 0 Å². The maximum atomic E-state index is 13.3. The van der Waals surface area contributed by atoms with Gasteiger partial charge in [0.25, 0.3) is 11.8 Å². The molecule has 2 aliphatic heterocycles. The highest BCUT2D eigenvalue weighted by Gasteiger charge is 2.41. The van der Waals surface area contributed by atoms with Gasteiger partial charge in [0.1, 0.15) is 5.70 Å². The molecule has 31 heavy (non-hydrogen) atoms. The summed E-state index contributed by atoms with van der Waals surface area (Å²) in [5.74, 6) is -0.775. The lowest BCUT2D eigenvalue weighted by atomic mass is 9.97. The summed E-state index contributed by atoms with van der Waals surface area (Å²) in [7, 11) is 1.54. The minimum absolute atomic E-state index is 0.169. The van der Waals surface area contributed by atoms with Crippen molar-refractivity contribution in [1.82, 2.24) is 9.80 Å². The van der Waals surface area contributed by atoms with Crippen LogP contribution in [0.15, 0.2) is 54.2 Å². The molecule has 0 bridgehead atoms. The molecule has 0 aromatic heterocycles. The van der Waals surface area contributed by atoms with Crippen LogP contribution in [0.2, 0.25) is 0 Å². The van der Waals surface area contributed by atoms with Crippen molar-refractivity contribution in [3.63, 3.8) is 0 Å². The molecule has 160 valence electrons. The molecule has 7 heteroatoms. The molecule has 0 unspecified atom stereocenters. The molecule has 0 atom stereocenters. The van der Waals surface area contributed by atoms with Crippen LogP contribution in [0, 0.1) is 0 Å². The van der Waals surface area contributed by atoms with E-state index in [-0.39, 0.29) is 30.9 Å². The van der Waals surface area contributed by atoms with E-state index in [0.717, 1.165) is 12.0 Å². The van der Waals surface area contributed by atoms with Crippen molar-refractivity contribution >= 4 is 29.0 Å². The Kier molecular flexibility index (Phi) is 5.86. The van der Waals surface area contributed by atoms with Crippen LogP contribution in [0.1, 0.15) is 23.6 Å². The largest absolute Gasteiger partial charge is 0.383 e. The lowest BCUT2D eigenvalue weighted by Gasteiger charge is -2.31. The van der Waals surface area contributed by atoms with E-state index < -0.39 is 0 Å². The first-order chi connectivity index (χ1) is 15.0. The van der Waals surface area contributed by atoms with Gasteiger partial charge in [-0.2, -0.15) is 0 Å². The zero-order valence-electron chi connectivity index (χ0n) is 17.7. The van der Waals surface area contributed by atoms with Crippen molar-refractivity contribution in [2.75, 3.05) is 32.1 Å². The second-order valence-corrected chi connectivity index (χ2v) is 7.68. The first kappa shape index (κ1) is 20.8. The van der Waals surface area contributed by atoms with Gasteiger partial charge in [-0.15, -0.1) is 0 Å². The number of ether oxygens (including phenoxy) is 1. The minimum atomic E-state index is -0.316. The lowest BCUT2D eigenvalue weighted by Crippen LogP contribution is -2.38. The number of fused-ring (bicyclic) bond motifs is 1. The topological polar surface area (TPSA) is 79.0 Å². The SMILES string of the molecule is COCCN1C(=O)C(c2ccc(NC(C)=O)cc2)=C(N2CCc3ccccc3C2)C1=O. The Labute approximate surface area is 181 Å². The maximum Gasteiger partial charge on any atom is 0.277 e. The van der Waals surface area contributed by atoms with Gasteiger partial charge in [0, 0.05) is 32.8 Å². The third kappa shape index (κ3) is 4.09. The minimum Gasteiger partial charge on any atom is -0.383 e. The molecular weight excluding hydrogens is 394 g/mol. The van der Waals surface area contributed by atoms with Crippen LogP contribution in [0.3, 0.4) is 0 Å². The van der Waals surface area contributed by atoms with Crippen molar-refractivity contribution in [2.45, 2.75) is 19.9 Å². The molecule has 0 aliphatic carbocycles. The third-order valence-corrected chi connectivity index (χ3v) is 5.60. The van der Waals surface area contributed by atoms with Gasteiger partial charge in [-0.3, -0.25) is 19.3 Å². The number of anilines is 1. The van der Waals surface area contributed by atoms with Gasteiger partial charge in [-0.05, 0) is 35.2 Å². The Bertz CT molecular complexity index is 1060. The number of amides is 3. The molecule has 7 nitrogen and oxygen atoms in total. The summed E-state index contributed by atoms with van der Waals surface area (Å²) in [6.45, 7) is 3.17. The molecule has 0 fully saturated rings. The van der Waals surface area contributed by atoms with Crippen LogP contribution in [-0.2, 0) is 32.1 Å². The summed E-state index contributed by atoms with van der Waals surface area (Å²) in [5.41, 5.74) is 4.56. The smallest absolute Gasteiger partial charge is 0.277 e. The van der Waals surface area contributed by atoms with Crippen molar-refractivity contribution in [3.8, 4) is 0 Å². The van der Waals surface area contributed by atoms with E-state index in [2.05, 4.69) is 17.4 Å². The number of imide groups is 1. The average molecular weight is 419 g/mol. The summed E-state index contributed by atoms with van der Waals surface area (Å²) >= 11 is 0. The van der Waals surface area contributed by atoms with Crippen LogP contribution in [0.4, 0.5) is 5.69 Å². The van der Waals surface area contributed by atoms with Gasteiger partial charge in [-0.1, -0.05) is 36.4 Å². The van der Waals surface area contributed by atoms with Crippen molar-refractivity contribution in [2.24, 2.45) is 0 Å². The van der Waals surface area contributed by atoms with Crippen LogP contribution < -0.4 is 5.32 Å². The number of benzene rings is 2. The van der Waals surface area contributed by atoms with E-state index >= 15 is 0 Å². The number of nitrogens with zero attached hydrogens (tertiary/aromatic N) is 2. The number of hydrogen-bond donors (Lipinski definition) is 1. The van der Waals surface area contributed by atoms with E-state index in [0.29, 0.717) is 35.6 Å². The van der Waals surface area contributed by atoms with Gasteiger partial charge in [-0.25, -0.2) is 0 Å². The summed E-state index contributed by atoms with van der Waals surface area (Å²) < 4.78 is 5.10. The summed E-state index contributed by atoms with van der Waals surface area (Å²) in [5, 5.41) is 2.72. The Hall–Kier alpha value is -3.45. The molecular formula is C24H25N3O4. The van der Waals surface area contributed by atoms with E-state index in [9.17, 15) is 14.4 Å². The molecule has 2 heterocycles. The second kappa shape index (κ2) is 8.73. The number of carbonyl (C=O) groups is 3. The molecule has 2 aromatic carbocycles. The molecule has 3 amide bonds. The van der Waals surface area contributed by atoms with Crippen molar-refractivity contribution in [1.29, 1.82) is 0 Å². The fourth-order valence-electron chi connectivity index (χ4n) is 4.11. The Morgan fingerprint density at radius 3 is 2.42 bits per heavy atom. The Balaban J connectivity index is 1.73. The van der Waals surface area contributed by atoms with E-state index in [1.54, 1.807) is 31.4 Å². The quantitative estimate of drug-likeness (QED) is 0.728. The standard InChI is InChI=1S/C24H25N3O4/c1-16(28)25-20-9-7-18(8-10-20)21-22(24(30)27(23(21)29)13-14-31-2)26-12-11-17-5-3-4-6-19(17)15-26/h3-10H,11-15H2,1-2H3,(H,25,28). The number of nitrogens with one attached hydrogen (secondary N) is 1. The Morgan fingerprint density at radius 2 is 1.74 bits per heavy atom. The summed E-state index contributed by atoms with van der Waals surface area (Å²) in [4.78, 5) is 41.2. The number of methoxy groups -OCH3 is 1. The fraction of sp³-hybridized carbons (Fsp3) is 0.292. The zero-order valence-corrected chi connectivity index (χ0v) is 17.7. The maximum absolute atomic E-state index is 13.3. The predicted molar refractivity (Wildman–Crippen MR) is 117 cm³/mol. The van der Waals surface area contributed by atoms with Gasteiger partial charge in [0.2, 0.25) is 5.91 Å². The molecule has 2 aliphatic rings. The highest BCUT2D eigenvalue weighted by atomic mass is 16.5. The Morgan fingerprint density at radius 1 is 1.03 bits per heavy atom. The van der Waals surface area contributed by atoms with Crippen molar-refractivity contribution in [3.05, 3.63) is 70.9 Å². The van der Waals surface area contributed by atoms with Gasteiger partial charge in [0.05, 0.1) is 18.7 Å².